The smallest absolute Gasteiger partial charge is 0.407 e. The molecule has 1 N–H and O–H groups in total. The third-order valence-corrected chi connectivity index (χ3v) is 3.33. The summed E-state index contributed by atoms with van der Waals surface area (Å²) in [6.07, 6.45) is -0.258. The normalized spacial score (nSPS) is 11.3. The van der Waals surface area contributed by atoms with Gasteiger partial charge in [-0.15, -0.1) is 0 Å². The Labute approximate surface area is 150 Å². The summed E-state index contributed by atoms with van der Waals surface area (Å²) in [5.41, 5.74) is 2.74. The van der Waals surface area contributed by atoms with Crippen molar-refractivity contribution in [3.8, 4) is 16.9 Å². The molecule has 0 radical (unpaired) electrons. The summed E-state index contributed by atoms with van der Waals surface area (Å²) in [6, 6.07) is 16.1. The zero-order chi connectivity index (χ0) is 18.4. The van der Waals surface area contributed by atoms with Crippen LogP contribution in [0, 0.1) is 0 Å². The summed E-state index contributed by atoms with van der Waals surface area (Å²) in [4.78, 5) is 11.7. The van der Waals surface area contributed by atoms with Crippen LogP contribution in [0.2, 0.25) is 0 Å². The minimum atomic E-state index is -0.489. The van der Waals surface area contributed by atoms with E-state index in [0.29, 0.717) is 6.54 Å². The Balaban J connectivity index is 1.99. The van der Waals surface area contributed by atoms with Gasteiger partial charge < -0.3 is 14.8 Å². The first kappa shape index (κ1) is 18.8. The van der Waals surface area contributed by atoms with Crippen LogP contribution in [-0.2, 0) is 11.3 Å². The van der Waals surface area contributed by atoms with Crippen LogP contribution in [0.15, 0.2) is 48.5 Å². The molecule has 0 bridgehead atoms. The largest absolute Gasteiger partial charge is 0.491 e. The molecule has 134 valence electrons. The highest BCUT2D eigenvalue weighted by molar-refractivity contribution is 5.68. The van der Waals surface area contributed by atoms with E-state index in [1.807, 2.05) is 77.1 Å². The summed E-state index contributed by atoms with van der Waals surface area (Å²) >= 11 is 0. The Morgan fingerprint density at radius 3 is 2.32 bits per heavy atom. The SMILES string of the molecule is CC(C)Oc1cccc(-c2ccc(CNC(=O)OC(C)(C)C)cc2)c1. The standard InChI is InChI=1S/C21H27NO3/c1-15(2)24-19-8-6-7-18(13-19)17-11-9-16(10-12-17)14-22-20(23)25-21(3,4)5/h6-13,15H,14H2,1-5H3,(H,22,23). The molecule has 4 heteroatoms. The molecule has 4 nitrogen and oxygen atoms in total. The van der Waals surface area contributed by atoms with E-state index in [1.54, 1.807) is 0 Å². The van der Waals surface area contributed by atoms with Gasteiger partial charge >= 0.3 is 6.09 Å². The van der Waals surface area contributed by atoms with Crippen molar-refractivity contribution >= 4 is 6.09 Å². The Bertz CT molecular complexity index is 700. The first-order valence-corrected chi connectivity index (χ1v) is 8.56. The van der Waals surface area contributed by atoms with Gasteiger partial charge in [0.2, 0.25) is 0 Å². The van der Waals surface area contributed by atoms with Crippen LogP contribution in [0.25, 0.3) is 11.1 Å². The first-order chi connectivity index (χ1) is 11.7. The van der Waals surface area contributed by atoms with Crippen molar-refractivity contribution in [2.75, 3.05) is 0 Å². The average molecular weight is 341 g/mol. The summed E-state index contributed by atoms with van der Waals surface area (Å²) in [5.74, 6) is 0.864. The van der Waals surface area contributed by atoms with Crippen molar-refractivity contribution in [3.63, 3.8) is 0 Å². The number of rotatable bonds is 5. The predicted octanol–water partition coefficient (Wildman–Crippen LogP) is 5.17. The van der Waals surface area contributed by atoms with Crippen LogP contribution in [0.5, 0.6) is 5.75 Å². The van der Waals surface area contributed by atoms with Crippen molar-refractivity contribution in [3.05, 3.63) is 54.1 Å². The van der Waals surface area contributed by atoms with Gasteiger partial charge in [-0.1, -0.05) is 36.4 Å². The van der Waals surface area contributed by atoms with Crippen molar-refractivity contribution in [2.24, 2.45) is 0 Å². The summed E-state index contributed by atoms with van der Waals surface area (Å²) in [7, 11) is 0. The van der Waals surface area contributed by atoms with Gasteiger partial charge in [0, 0.05) is 6.54 Å². The van der Waals surface area contributed by atoms with Crippen molar-refractivity contribution < 1.29 is 14.3 Å². The molecule has 0 atom stereocenters. The van der Waals surface area contributed by atoms with Gasteiger partial charge in [-0.3, -0.25) is 0 Å². The van der Waals surface area contributed by atoms with Crippen LogP contribution in [0.1, 0.15) is 40.2 Å². The van der Waals surface area contributed by atoms with Crippen molar-refractivity contribution in [1.29, 1.82) is 0 Å². The molecule has 2 aromatic carbocycles. The molecule has 0 saturated heterocycles. The maximum Gasteiger partial charge on any atom is 0.407 e. The molecule has 0 heterocycles. The number of carbonyl (C=O) groups is 1. The number of ether oxygens (including phenoxy) is 2. The zero-order valence-corrected chi connectivity index (χ0v) is 15.6. The van der Waals surface area contributed by atoms with E-state index >= 15 is 0 Å². The quantitative estimate of drug-likeness (QED) is 0.816. The van der Waals surface area contributed by atoms with E-state index in [4.69, 9.17) is 9.47 Å². The second kappa shape index (κ2) is 8.06. The van der Waals surface area contributed by atoms with Gasteiger partial charge in [-0.2, -0.15) is 0 Å². The molecule has 0 aliphatic carbocycles. The molecule has 0 aliphatic rings. The van der Waals surface area contributed by atoms with E-state index in [0.717, 1.165) is 22.4 Å². The Hall–Kier alpha value is -2.49. The Kier molecular flexibility index (Phi) is 6.07. The van der Waals surface area contributed by atoms with E-state index in [9.17, 15) is 4.79 Å². The lowest BCUT2D eigenvalue weighted by atomic mass is 10.0. The number of amides is 1. The number of carbonyl (C=O) groups excluding carboxylic acids is 1. The van der Waals surface area contributed by atoms with Gasteiger partial charge in [0.25, 0.3) is 0 Å². The lowest BCUT2D eigenvalue weighted by Gasteiger charge is -2.19. The number of nitrogens with one attached hydrogen (secondary N) is 1. The minimum Gasteiger partial charge on any atom is -0.491 e. The molecule has 0 unspecified atom stereocenters. The highest BCUT2D eigenvalue weighted by Crippen LogP contribution is 2.24. The fourth-order valence-electron chi connectivity index (χ4n) is 2.32. The minimum absolute atomic E-state index is 0.150. The first-order valence-electron chi connectivity index (χ1n) is 8.56. The topological polar surface area (TPSA) is 47.6 Å². The fourth-order valence-corrected chi connectivity index (χ4v) is 2.32. The molecule has 2 aromatic rings. The average Bonchev–Trinajstić information content (AvgIpc) is 2.51. The molecule has 0 saturated carbocycles. The molecule has 0 aromatic heterocycles. The molecule has 1 amide bonds. The summed E-state index contributed by atoms with van der Waals surface area (Å²) in [5, 5.41) is 2.76. The third-order valence-electron chi connectivity index (χ3n) is 3.33. The monoisotopic (exact) mass is 341 g/mol. The maximum absolute atomic E-state index is 11.7. The molecule has 25 heavy (non-hydrogen) atoms. The van der Waals surface area contributed by atoms with Gasteiger partial charge in [0.1, 0.15) is 11.4 Å². The molecular formula is C21H27NO3. The second-order valence-electron chi connectivity index (χ2n) is 7.25. The van der Waals surface area contributed by atoms with Gasteiger partial charge in [-0.25, -0.2) is 4.79 Å². The molecular weight excluding hydrogens is 314 g/mol. The van der Waals surface area contributed by atoms with E-state index in [-0.39, 0.29) is 6.10 Å². The zero-order valence-electron chi connectivity index (χ0n) is 15.6. The van der Waals surface area contributed by atoms with E-state index < -0.39 is 11.7 Å². The summed E-state index contributed by atoms with van der Waals surface area (Å²) < 4.78 is 11.0. The molecule has 0 fully saturated rings. The van der Waals surface area contributed by atoms with Crippen LogP contribution in [0.3, 0.4) is 0 Å². The Morgan fingerprint density at radius 2 is 1.72 bits per heavy atom. The third kappa shape index (κ3) is 6.49. The highest BCUT2D eigenvalue weighted by atomic mass is 16.6. The Morgan fingerprint density at radius 1 is 1.04 bits per heavy atom. The maximum atomic E-state index is 11.7. The van der Waals surface area contributed by atoms with Crippen molar-refractivity contribution in [1.82, 2.24) is 5.32 Å². The molecule has 0 spiro atoms. The second-order valence-corrected chi connectivity index (χ2v) is 7.25. The number of benzene rings is 2. The summed E-state index contributed by atoms with van der Waals surface area (Å²) in [6.45, 7) is 10.00. The van der Waals surface area contributed by atoms with Gasteiger partial charge in [0.15, 0.2) is 0 Å². The van der Waals surface area contributed by atoms with Crippen LogP contribution < -0.4 is 10.1 Å². The lowest BCUT2D eigenvalue weighted by molar-refractivity contribution is 0.0523. The van der Waals surface area contributed by atoms with E-state index in [2.05, 4.69) is 11.4 Å². The van der Waals surface area contributed by atoms with Crippen molar-refractivity contribution in [2.45, 2.75) is 52.9 Å². The predicted molar refractivity (Wildman–Crippen MR) is 101 cm³/mol. The molecule has 2 rings (SSSR count). The van der Waals surface area contributed by atoms with E-state index in [1.165, 1.54) is 0 Å². The number of alkyl carbamates (subject to hydrolysis) is 1. The van der Waals surface area contributed by atoms with Crippen LogP contribution >= 0.6 is 0 Å². The molecule has 0 aliphatic heterocycles. The van der Waals surface area contributed by atoms with Crippen LogP contribution in [0.4, 0.5) is 4.79 Å². The van der Waals surface area contributed by atoms with Crippen LogP contribution in [-0.4, -0.2) is 17.8 Å². The number of hydrogen-bond acceptors (Lipinski definition) is 3. The number of hydrogen-bond donors (Lipinski definition) is 1. The van der Waals surface area contributed by atoms with Gasteiger partial charge in [0.05, 0.1) is 6.10 Å². The van der Waals surface area contributed by atoms with Gasteiger partial charge in [-0.05, 0) is 63.4 Å². The lowest BCUT2D eigenvalue weighted by Crippen LogP contribution is -2.32. The highest BCUT2D eigenvalue weighted by Gasteiger charge is 2.15. The fraction of sp³-hybridized carbons (Fsp3) is 0.381.